The van der Waals surface area contributed by atoms with Crippen molar-refractivity contribution in [1.82, 2.24) is 0 Å². The van der Waals surface area contributed by atoms with Gasteiger partial charge in [0.15, 0.2) is 0 Å². The van der Waals surface area contributed by atoms with Crippen molar-refractivity contribution in [3.8, 4) is 0 Å². The van der Waals surface area contributed by atoms with E-state index in [0.717, 1.165) is 18.5 Å². The Labute approximate surface area is 89.5 Å². The van der Waals surface area contributed by atoms with E-state index in [-0.39, 0.29) is 10.6 Å². The first-order valence-corrected chi connectivity index (χ1v) is 5.06. The normalized spacial score (nSPS) is 10.1. The van der Waals surface area contributed by atoms with Crippen molar-refractivity contribution in [2.24, 2.45) is 0 Å². The molecular weight excluding hydrogens is 192 g/mol. The van der Waals surface area contributed by atoms with Crippen LogP contribution in [0.25, 0.3) is 0 Å². The quantitative estimate of drug-likeness (QED) is 0.611. The molecule has 0 fully saturated rings. The van der Waals surface area contributed by atoms with Crippen LogP contribution in [0, 0.1) is 24.0 Å². The smallest absolute Gasteiger partial charge is 0.295 e. The summed E-state index contributed by atoms with van der Waals surface area (Å²) < 4.78 is 0. The molecule has 1 rings (SSSR count). The topological polar surface area (TPSA) is 55.2 Å². The monoisotopic (exact) mass is 208 g/mol. The molecule has 0 aliphatic heterocycles. The molecule has 0 saturated carbocycles. The lowest BCUT2D eigenvalue weighted by molar-refractivity contribution is -0.384. The highest BCUT2D eigenvalue weighted by molar-refractivity contribution is 5.69. The van der Waals surface area contributed by atoms with E-state index < -0.39 is 0 Å². The lowest BCUT2D eigenvalue weighted by Crippen LogP contribution is -2.06. The van der Waals surface area contributed by atoms with Gasteiger partial charge in [-0.25, -0.2) is 0 Å². The van der Waals surface area contributed by atoms with Gasteiger partial charge in [0.05, 0.1) is 4.92 Å². The van der Waals surface area contributed by atoms with Crippen molar-refractivity contribution in [3.05, 3.63) is 33.4 Å². The molecule has 4 nitrogen and oxygen atoms in total. The van der Waals surface area contributed by atoms with Crippen molar-refractivity contribution >= 4 is 11.4 Å². The second kappa shape index (κ2) is 4.77. The SMILES string of the molecule is CCCNc1c(C)ccc(C)c1[N+](=O)[O-]. The third-order valence-corrected chi connectivity index (χ3v) is 2.32. The molecule has 0 atom stereocenters. The third-order valence-electron chi connectivity index (χ3n) is 2.32. The highest BCUT2D eigenvalue weighted by Gasteiger charge is 2.18. The van der Waals surface area contributed by atoms with E-state index in [1.54, 1.807) is 13.0 Å². The Bertz CT molecular complexity index is 375. The third kappa shape index (κ3) is 2.46. The molecule has 0 radical (unpaired) electrons. The number of hydrogen-bond donors (Lipinski definition) is 1. The average molecular weight is 208 g/mol. The molecule has 0 spiro atoms. The lowest BCUT2D eigenvalue weighted by atomic mass is 10.1. The highest BCUT2D eigenvalue weighted by atomic mass is 16.6. The van der Waals surface area contributed by atoms with Gasteiger partial charge in [-0.2, -0.15) is 0 Å². The molecule has 1 aromatic rings. The fourth-order valence-electron chi connectivity index (χ4n) is 1.50. The summed E-state index contributed by atoms with van der Waals surface area (Å²) >= 11 is 0. The molecule has 82 valence electrons. The Morgan fingerprint density at radius 2 is 1.93 bits per heavy atom. The molecule has 4 heteroatoms. The maximum atomic E-state index is 10.9. The summed E-state index contributed by atoms with van der Waals surface area (Å²) in [4.78, 5) is 10.6. The summed E-state index contributed by atoms with van der Waals surface area (Å²) in [5.41, 5.74) is 2.47. The summed E-state index contributed by atoms with van der Waals surface area (Å²) in [5.74, 6) is 0. The van der Waals surface area contributed by atoms with Gasteiger partial charge in [-0.1, -0.05) is 19.1 Å². The maximum Gasteiger partial charge on any atom is 0.295 e. The summed E-state index contributed by atoms with van der Waals surface area (Å²) in [6.07, 6.45) is 0.949. The molecule has 15 heavy (non-hydrogen) atoms. The number of hydrogen-bond acceptors (Lipinski definition) is 3. The van der Waals surface area contributed by atoms with Crippen LogP contribution in [-0.2, 0) is 0 Å². The number of rotatable bonds is 4. The first kappa shape index (κ1) is 11.5. The van der Waals surface area contributed by atoms with Gasteiger partial charge in [0.1, 0.15) is 5.69 Å². The molecule has 0 aliphatic rings. The first-order chi connectivity index (χ1) is 7.07. The molecule has 0 unspecified atom stereocenters. The van der Waals surface area contributed by atoms with Crippen LogP contribution in [0.1, 0.15) is 24.5 Å². The molecule has 1 aromatic carbocycles. The molecule has 1 N–H and O–H groups in total. The van der Waals surface area contributed by atoms with Gasteiger partial charge in [-0.05, 0) is 25.8 Å². The minimum Gasteiger partial charge on any atom is -0.379 e. The molecule has 0 heterocycles. The van der Waals surface area contributed by atoms with E-state index >= 15 is 0 Å². The zero-order valence-corrected chi connectivity index (χ0v) is 9.33. The Morgan fingerprint density at radius 3 is 2.47 bits per heavy atom. The van der Waals surface area contributed by atoms with E-state index in [9.17, 15) is 10.1 Å². The Balaban J connectivity index is 3.19. The molecule has 0 aromatic heterocycles. The number of nitrogens with zero attached hydrogens (tertiary/aromatic N) is 1. The predicted octanol–water partition coefficient (Wildman–Crippen LogP) is 3.03. The standard InChI is InChI=1S/C11H16N2O2/c1-4-7-12-10-8(2)5-6-9(3)11(10)13(14)15/h5-6,12H,4,7H2,1-3H3. The molecule has 0 amide bonds. The van der Waals surface area contributed by atoms with Crippen LogP contribution in [-0.4, -0.2) is 11.5 Å². The number of anilines is 1. The van der Waals surface area contributed by atoms with E-state index in [4.69, 9.17) is 0 Å². The summed E-state index contributed by atoms with van der Waals surface area (Å²) in [5, 5.41) is 14.0. The Hall–Kier alpha value is -1.58. The van der Waals surface area contributed by atoms with Gasteiger partial charge in [0, 0.05) is 12.1 Å². The van der Waals surface area contributed by atoms with Crippen LogP contribution in [0.4, 0.5) is 11.4 Å². The van der Waals surface area contributed by atoms with Gasteiger partial charge in [-0.15, -0.1) is 0 Å². The largest absolute Gasteiger partial charge is 0.379 e. The lowest BCUT2D eigenvalue weighted by Gasteiger charge is -2.10. The van der Waals surface area contributed by atoms with E-state index in [1.807, 2.05) is 19.9 Å². The number of nitro benzene ring substituents is 1. The van der Waals surface area contributed by atoms with Gasteiger partial charge in [0.2, 0.25) is 0 Å². The number of benzene rings is 1. The average Bonchev–Trinajstić information content (AvgIpc) is 2.18. The number of nitro groups is 1. The van der Waals surface area contributed by atoms with Gasteiger partial charge in [-0.3, -0.25) is 10.1 Å². The zero-order valence-electron chi connectivity index (χ0n) is 9.33. The minimum absolute atomic E-state index is 0.198. The van der Waals surface area contributed by atoms with Crippen molar-refractivity contribution in [2.45, 2.75) is 27.2 Å². The van der Waals surface area contributed by atoms with Crippen molar-refractivity contribution in [1.29, 1.82) is 0 Å². The predicted molar refractivity (Wildman–Crippen MR) is 61.4 cm³/mol. The number of aryl methyl sites for hydroxylation is 2. The van der Waals surface area contributed by atoms with Gasteiger partial charge in [0.25, 0.3) is 5.69 Å². The van der Waals surface area contributed by atoms with E-state index in [2.05, 4.69) is 5.32 Å². The van der Waals surface area contributed by atoms with Gasteiger partial charge >= 0.3 is 0 Å². The van der Waals surface area contributed by atoms with Crippen molar-refractivity contribution in [3.63, 3.8) is 0 Å². The molecular formula is C11H16N2O2. The molecule has 0 bridgehead atoms. The van der Waals surface area contributed by atoms with E-state index in [0.29, 0.717) is 11.3 Å². The zero-order chi connectivity index (χ0) is 11.4. The van der Waals surface area contributed by atoms with Crippen LogP contribution in [0.5, 0.6) is 0 Å². The highest BCUT2D eigenvalue weighted by Crippen LogP contribution is 2.31. The summed E-state index contributed by atoms with van der Waals surface area (Å²) in [7, 11) is 0. The summed E-state index contributed by atoms with van der Waals surface area (Å²) in [6, 6.07) is 3.69. The van der Waals surface area contributed by atoms with Crippen LogP contribution in [0.2, 0.25) is 0 Å². The first-order valence-electron chi connectivity index (χ1n) is 5.06. The fraction of sp³-hybridized carbons (Fsp3) is 0.455. The van der Waals surface area contributed by atoms with Crippen LogP contribution >= 0.6 is 0 Å². The second-order valence-electron chi connectivity index (χ2n) is 3.61. The van der Waals surface area contributed by atoms with Crippen LogP contribution < -0.4 is 5.32 Å². The summed E-state index contributed by atoms with van der Waals surface area (Å²) in [6.45, 7) is 6.42. The van der Waals surface area contributed by atoms with Crippen molar-refractivity contribution < 1.29 is 4.92 Å². The van der Waals surface area contributed by atoms with Crippen molar-refractivity contribution in [2.75, 3.05) is 11.9 Å². The molecule has 0 aliphatic carbocycles. The maximum absolute atomic E-state index is 10.9. The van der Waals surface area contributed by atoms with Crippen LogP contribution in [0.3, 0.4) is 0 Å². The second-order valence-corrected chi connectivity index (χ2v) is 3.61. The minimum atomic E-state index is -0.319. The fourth-order valence-corrected chi connectivity index (χ4v) is 1.50. The Morgan fingerprint density at radius 1 is 1.33 bits per heavy atom. The van der Waals surface area contributed by atoms with E-state index in [1.165, 1.54) is 0 Å². The Kier molecular flexibility index (Phi) is 3.66. The van der Waals surface area contributed by atoms with Crippen LogP contribution in [0.15, 0.2) is 12.1 Å². The number of nitrogens with one attached hydrogen (secondary N) is 1. The molecule has 0 saturated heterocycles. The van der Waals surface area contributed by atoms with Gasteiger partial charge < -0.3 is 5.32 Å².